The minimum absolute atomic E-state index is 0.0190. The Bertz CT molecular complexity index is 2070. The molecule has 0 atom stereocenters. The fourth-order valence-corrected chi connectivity index (χ4v) is 6.09. The summed E-state index contributed by atoms with van der Waals surface area (Å²) in [7, 11) is 25.6. The predicted octanol–water partition coefficient (Wildman–Crippen LogP) is 5.03. The Kier molecular flexibility index (Phi) is 6.05. The van der Waals surface area contributed by atoms with E-state index in [0.717, 1.165) is 60.1 Å². The van der Waals surface area contributed by atoms with Gasteiger partial charge in [0.15, 0.2) is 0 Å². The number of fused-ring (bicyclic) bond motifs is 3. The van der Waals surface area contributed by atoms with E-state index in [-0.39, 0.29) is 27.6 Å². The molecule has 0 bridgehead atoms. The molecule has 1 nitrogen and oxygen atoms in total. The lowest BCUT2D eigenvalue weighted by molar-refractivity contribution is 0.484. The monoisotopic (exact) mass is 512 g/mol. The third-order valence-electron chi connectivity index (χ3n) is 8.05. The van der Waals surface area contributed by atoms with Crippen LogP contribution in [0.3, 0.4) is 0 Å². The fraction of sp³-hybridized carbons (Fsp3) is 0. The van der Waals surface area contributed by atoms with Gasteiger partial charge in [0.25, 0.3) is 0 Å². The molecule has 8 radical (unpaired) electrons. The maximum Gasteiger partial charge on any atom is 0.118 e. The van der Waals surface area contributed by atoms with E-state index in [9.17, 15) is 5.11 Å². The van der Waals surface area contributed by atoms with Crippen LogP contribution in [0.1, 0.15) is 0 Å². The van der Waals surface area contributed by atoms with Crippen molar-refractivity contribution in [2.45, 2.75) is 0 Å². The summed E-state index contributed by atoms with van der Waals surface area (Å²) in [5.74, 6) is -0.293. The molecule has 0 heterocycles. The van der Waals surface area contributed by atoms with Gasteiger partial charge in [-0.05, 0) is 77.8 Å². The average Bonchev–Trinajstić information content (AvgIpc) is 3.02. The fourth-order valence-electron chi connectivity index (χ4n) is 6.09. The third-order valence-corrected chi connectivity index (χ3v) is 8.05. The highest BCUT2D eigenvalue weighted by Gasteiger charge is 2.22. The van der Waals surface area contributed by atoms with E-state index in [1.54, 1.807) is 0 Å². The van der Waals surface area contributed by atoms with Gasteiger partial charge in [0.1, 0.15) is 31.4 Å². The van der Waals surface area contributed by atoms with Gasteiger partial charge in [0, 0.05) is 0 Å². The first kappa shape index (κ1) is 25.4. The molecule has 7 aromatic rings. The Labute approximate surface area is 244 Å². The molecule has 0 aromatic heterocycles. The van der Waals surface area contributed by atoms with Crippen molar-refractivity contribution in [3.8, 4) is 39.1 Å². The first-order valence-electron chi connectivity index (χ1n) is 13.4. The average molecular weight is 512 g/mol. The van der Waals surface area contributed by atoms with E-state index >= 15 is 0 Å². The quantitative estimate of drug-likeness (QED) is 0.261. The third kappa shape index (κ3) is 3.91. The van der Waals surface area contributed by atoms with Gasteiger partial charge in [-0.1, -0.05) is 125 Å². The normalized spacial score (nSPS) is 11.4. The lowest BCUT2D eigenvalue weighted by atomic mass is 9.64. The van der Waals surface area contributed by atoms with E-state index in [1.165, 1.54) is 0 Å². The van der Waals surface area contributed by atoms with E-state index in [0.29, 0.717) is 5.56 Å². The molecule has 0 amide bonds. The molecule has 0 saturated heterocycles. The van der Waals surface area contributed by atoms with Crippen LogP contribution in [-0.4, -0.2) is 36.5 Å². The van der Waals surface area contributed by atoms with Crippen molar-refractivity contribution in [3.63, 3.8) is 0 Å². The Morgan fingerprint density at radius 1 is 0.390 bits per heavy atom. The maximum atomic E-state index is 10.5. The van der Waals surface area contributed by atoms with Gasteiger partial charge in [0.05, 0.1) is 5.75 Å². The molecule has 41 heavy (non-hydrogen) atoms. The van der Waals surface area contributed by atoms with Gasteiger partial charge >= 0.3 is 0 Å². The molecule has 5 heteroatoms. The summed E-state index contributed by atoms with van der Waals surface area (Å²) in [6.07, 6.45) is 0. The topological polar surface area (TPSA) is 20.2 Å². The summed E-state index contributed by atoms with van der Waals surface area (Å²) in [5.41, 5.74) is 6.34. The van der Waals surface area contributed by atoms with Crippen molar-refractivity contribution in [1.29, 1.82) is 0 Å². The molecule has 7 rings (SSSR count). The van der Waals surface area contributed by atoms with Crippen molar-refractivity contribution in [1.82, 2.24) is 0 Å². The molecule has 182 valence electrons. The van der Waals surface area contributed by atoms with Crippen LogP contribution in [0.5, 0.6) is 5.75 Å². The molecule has 0 aliphatic heterocycles. The van der Waals surface area contributed by atoms with E-state index in [1.807, 2.05) is 30.3 Å². The zero-order valence-electron chi connectivity index (χ0n) is 22.2. The van der Waals surface area contributed by atoms with Gasteiger partial charge in [-0.25, -0.2) is 0 Å². The lowest BCUT2D eigenvalue weighted by Crippen LogP contribution is -2.42. The zero-order chi connectivity index (χ0) is 28.2. The summed E-state index contributed by atoms with van der Waals surface area (Å²) < 4.78 is 0. The molecular weight excluding hydrogens is 492 g/mol. The van der Waals surface area contributed by atoms with Gasteiger partial charge in [0.2, 0.25) is 0 Å². The SMILES string of the molecule is [B]c1c([B])c(-c2c3ccccc3c(-c3cc(-c4ccccc4)cc4ccccc34)c3ccccc23)c([B])c([B])c1O. The molecule has 0 fully saturated rings. The minimum Gasteiger partial charge on any atom is -0.509 e. The molecule has 1 N–H and O–H groups in total. The number of hydrogen-bond acceptors (Lipinski definition) is 1. The van der Waals surface area contributed by atoms with Crippen LogP contribution in [0.2, 0.25) is 0 Å². The number of benzene rings is 7. The van der Waals surface area contributed by atoms with Crippen LogP contribution in [-0.2, 0) is 0 Å². The van der Waals surface area contributed by atoms with Crippen LogP contribution in [0.25, 0.3) is 65.7 Å². The van der Waals surface area contributed by atoms with E-state index in [2.05, 4.69) is 84.9 Å². The summed E-state index contributed by atoms with van der Waals surface area (Å²) in [6, 6.07) is 39.9. The van der Waals surface area contributed by atoms with Crippen LogP contribution in [0.4, 0.5) is 0 Å². The number of aromatic hydroxyl groups is 1. The number of phenols is 1. The van der Waals surface area contributed by atoms with Gasteiger partial charge < -0.3 is 5.11 Å². The van der Waals surface area contributed by atoms with Gasteiger partial charge in [-0.3, -0.25) is 0 Å². The summed E-state index contributed by atoms with van der Waals surface area (Å²) in [4.78, 5) is 0. The predicted molar refractivity (Wildman–Crippen MR) is 178 cm³/mol. The molecule has 7 aromatic carbocycles. The standard InChI is InChI=1S/C36H20B4O/c37-32-31(33(38)35(40)36(41)34(32)39)30-26-16-8-6-14-24(26)29(25-15-7-9-17-27(25)30)28-19-22(20-10-2-1-3-11-20)18-21-12-4-5-13-23(21)28/h1-19,41H. The number of hydrogen-bond donors (Lipinski definition) is 1. The van der Waals surface area contributed by atoms with E-state index in [4.69, 9.17) is 31.4 Å². The van der Waals surface area contributed by atoms with Crippen LogP contribution >= 0.6 is 0 Å². The van der Waals surface area contributed by atoms with Crippen molar-refractivity contribution in [2.75, 3.05) is 0 Å². The molecule has 0 aliphatic carbocycles. The molecule has 0 aliphatic rings. The Balaban J connectivity index is 1.68. The van der Waals surface area contributed by atoms with Gasteiger partial charge in [-0.15, -0.1) is 0 Å². The van der Waals surface area contributed by atoms with Crippen molar-refractivity contribution >= 4 is 85.6 Å². The first-order valence-corrected chi connectivity index (χ1v) is 13.4. The summed E-state index contributed by atoms with van der Waals surface area (Å²) >= 11 is 0. The molecule has 0 saturated carbocycles. The Morgan fingerprint density at radius 3 is 1.41 bits per heavy atom. The van der Waals surface area contributed by atoms with Crippen LogP contribution < -0.4 is 21.9 Å². The van der Waals surface area contributed by atoms with Crippen molar-refractivity contribution in [2.24, 2.45) is 0 Å². The Hall–Kier alpha value is -4.62. The number of rotatable bonds is 3. The summed E-state index contributed by atoms with van der Waals surface area (Å²) in [5, 5.41) is 16.8. The van der Waals surface area contributed by atoms with Crippen LogP contribution in [0, 0.1) is 0 Å². The second-order valence-electron chi connectivity index (χ2n) is 10.3. The summed E-state index contributed by atoms with van der Waals surface area (Å²) in [6.45, 7) is 0. The largest absolute Gasteiger partial charge is 0.509 e. The second-order valence-corrected chi connectivity index (χ2v) is 10.3. The number of phenolic OH excluding ortho intramolecular Hbond substituents is 1. The maximum absolute atomic E-state index is 10.5. The smallest absolute Gasteiger partial charge is 0.118 e. The van der Waals surface area contributed by atoms with Gasteiger partial charge in [-0.2, -0.15) is 0 Å². The van der Waals surface area contributed by atoms with Crippen molar-refractivity contribution < 1.29 is 5.11 Å². The van der Waals surface area contributed by atoms with Crippen LogP contribution in [0.15, 0.2) is 115 Å². The lowest BCUT2D eigenvalue weighted by Gasteiger charge is -2.24. The first-order chi connectivity index (χ1) is 20.0. The zero-order valence-corrected chi connectivity index (χ0v) is 22.2. The Morgan fingerprint density at radius 2 is 0.854 bits per heavy atom. The minimum atomic E-state index is -0.293. The highest BCUT2D eigenvalue weighted by Crippen LogP contribution is 2.45. The molecule has 0 unspecified atom stereocenters. The highest BCUT2D eigenvalue weighted by atomic mass is 16.3. The molecule has 0 spiro atoms. The van der Waals surface area contributed by atoms with E-state index < -0.39 is 0 Å². The van der Waals surface area contributed by atoms with Crippen molar-refractivity contribution in [3.05, 3.63) is 115 Å². The second kappa shape index (κ2) is 9.78. The highest BCUT2D eigenvalue weighted by molar-refractivity contribution is 6.61. The molecular formula is C36H20B4O.